The predicted octanol–water partition coefficient (Wildman–Crippen LogP) is 3.08. The molecule has 5 nitrogen and oxygen atoms in total. The summed E-state index contributed by atoms with van der Waals surface area (Å²) in [6.45, 7) is 5.08. The molecule has 3 heterocycles. The lowest BCUT2D eigenvalue weighted by Crippen LogP contribution is -2.33. The second-order valence-corrected chi connectivity index (χ2v) is 7.13. The van der Waals surface area contributed by atoms with E-state index in [2.05, 4.69) is 5.32 Å². The molecule has 1 atom stereocenters. The molecule has 1 aromatic heterocycles. The topological polar surface area (TPSA) is 58.6 Å². The van der Waals surface area contributed by atoms with Crippen LogP contribution in [0.5, 0.6) is 5.75 Å². The Morgan fingerprint density at radius 1 is 1.46 bits per heavy atom. The van der Waals surface area contributed by atoms with Crippen LogP contribution in [0, 0.1) is 6.92 Å². The van der Waals surface area contributed by atoms with Crippen molar-refractivity contribution in [2.75, 3.05) is 23.4 Å². The quantitative estimate of drug-likeness (QED) is 0.872. The Morgan fingerprint density at radius 2 is 2.29 bits per heavy atom. The third-order valence-electron chi connectivity index (χ3n) is 4.65. The molecule has 0 saturated heterocycles. The van der Waals surface area contributed by atoms with Crippen LogP contribution in [0.3, 0.4) is 0 Å². The first-order chi connectivity index (χ1) is 11.6. The van der Waals surface area contributed by atoms with E-state index < -0.39 is 5.92 Å². The maximum absolute atomic E-state index is 12.8. The molecule has 24 heavy (non-hydrogen) atoms. The third kappa shape index (κ3) is 2.21. The highest BCUT2D eigenvalue weighted by molar-refractivity contribution is 7.10. The number of fused-ring (bicyclic) bond motifs is 2. The number of nitrogens with one attached hydrogen (secondary N) is 1. The Balaban J connectivity index is 1.73. The number of amides is 2. The van der Waals surface area contributed by atoms with Crippen molar-refractivity contribution in [2.24, 2.45) is 0 Å². The molecule has 6 heteroatoms. The number of nitrogens with zero attached hydrogens (tertiary/aromatic N) is 1. The number of likely N-dealkylation sites (N-methyl/N-ethyl adjacent to an activating group) is 1. The van der Waals surface area contributed by atoms with Crippen LogP contribution in [0.4, 0.5) is 11.4 Å². The Hall–Kier alpha value is -2.34. The van der Waals surface area contributed by atoms with E-state index in [1.807, 2.05) is 37.4 Å². The smallest absolute Gasteiger partial charge is 0.244 e. The highest BCUT2D eigenvalue weighted by Gasteiger charge is 2.42. The van der Waals surface area contributed by atoms with Gasteiger partial charge in [0.1, 0.15) is 11.7 Å². The second-order valence-electron chi connectivity index (χ2n) is 6.01. The number of rotatable bonds is 3. The van der Waals surface area contributed by atoms with Crippen LogP contribution >= 0.6 is 11.3 Å². The minimum atomic E-state index is -0.811. The number of hydrogen-bond acceptors (Lipinski definition) is 4. The Labute approximate surface area is 144 Å². The molecule has 2 aromatic rings. The zero-order valence-corrected chi connectivity index (χ0v) is 14.4. The van der Waals surface area contributed by atoms with Crippen LogP contribution in [0.15, 0.2) is 23.6 Å². The molecule has 4 rings (SSSR count). The minimum Gasteiger partial charge on any atom is -0.493 e. The molecule has 0 aliphatic carbocycles. The summed E-state index contributed by atoms with van der Waals surface area (Å²) in [6.07, 6.45) is 0.847. The molecule has 0 radical (unpaired) electrons. The molecule has 0 spiro atoms. The van der Waals surface area contributed by atoms with E-state index >= 15 is 0 Å². The van der Waals surface area contributed by atoms with Crippen LogP contribution in [0.1, 0.15) is 28.8 Å². The fourth-order valence-electron chi connectivity index (χ4n) is 3.40. The fourth-order valence-corrected chi connectivity index (χ4v) is 4.05. The van der Waals surface area contributed by atoms with E-state index in [4.69, 9.17) is 4.74 Å². The van der Waals surface area contributed by atoms with Gasteiger partial charge in [-0.3, -0.25) is 9.59 Å². The van der Waals surface area contributed by atoms with Gasteiger partial charge in [-0.15, -0.1) is 11.3 Å². The lowest BCUT2D eigenvalue weighted by molar-refractivity contribution is -0.126. The summed E-state index contributed by atoms with van der Waals surface area (Å²) < 4.78 is 5.62. The van der Waals surface area contributed by atoms with E-state index in [1.165, 1.54) is 0 Å². The van der Waals surface area contributed by atoms with Gasteiger partial charge in [-0.2, -0.15) is 0 Å². The highest BCUT2D eigenvalue weighted by atomic mass is 32.1. The molecule has 2 aliphatic rings. The van der Waals surface area contributed by atoms with Gasteiger partial charge in [0.05, 0.1) is 12.3 Å². The summed E-state index contributed by atoms with van der Waals surface area (Å²) in [5.74, 6) is -0.462. The number of ether oxygens (including phenoxy) is 1. The summed E-state index contributed by atoms with van der Waals surface area (Å²) in [5.41, 5.74) is 3.46. The Bertz CT molecular complexity index is 843. The first-order valence-electron chi connectivity index (χ1n) is 8.06. The third-order valence-corrected chi connectivity index (χ3v) is 5.49. The SMILES string of the molecule is CCN1C(=O)C(C(=O)Nc2ccsc2C)c2cc3c(cc21)CCO3. The fraction of sp³-hybridized carbons (Fsp3) is 0.333. The number of hydrogen-bond donors (Lipinski definition) is 1. The predicted molar refractivity (Wildman–Crippen MR) is 94.1 cm³/mol. The van der Waals surface area contributed by atoms with Gasteiger partial charge in [-0.1, -0.05) is 0 Å². The van der Waals surface area contributed by atoms with Gasteiger partial charge in [0.2, 0.25) is 11.8 Å². The highest BCUT2D eigenvalue weighted by Crippen LogP contribution is 2.43. The van der Waals surface area contributed by atoms with Crippen molar-refractivity contribution < 1.29 is 14.3 Å². The first-order valence-corrected chi connectivity index (χ1v) is 8.94. The Kier molecular flexibility index (Phi) is 3.57. The van der Waals surface area contributed by atoms with E-state index in [9.17, 15) is 9.59 Å². The average molecular weight is 342 g/mol. The molecule has 0 saturated carbocycles. The van der Waals surface area contributed by atoms with Crippen molar-refractivity contribution in [1.29, 1.82) is 0 Å². The molecule has 2 amide bonds. The van der Waals surface area contributed by atoms with Crippen molar-refractivity contribution in [1.82, 2.24) is 0 Å². The van der Waals surface area contributed by atoms with Crippen LogP contribution in [0.25, 0.3) is 0 Å². The maximum atomic E-state index is 12.8. The van der Waals surface area contributed by atoms with Crippen LogP contribution < -0.4 is 15.0 Å². The average Bonchev–Trinajstić information content (AvgIpc) is 3.23. The molecule has 1 N–H and O–H groups in total. The van der Waals surface area contributed by atoms with Crippen molar-refractivity contribution >= 4 is 34.5 Å². The number of carbonyl (C=O) groups excluding carboxylic acids is 2. The number of benzene rings is 1. The molecule has 124 valence electrons. The van der Waals surface area contributed by atoms with Gasteiger partial charge >= 0.3 is 0 Å². The van der Waals surface area contributed by atoms with Gasteiger partial charge in [0, 0.05) is 29.1 Å². The zero-order valence-electron chi connectivity index (χ0n) is 13.6. The second kappa shape index (κ2) is 5.63. The standard InChI is InChI=1S/C18H18N2O3S/c1-3-20-14-8-11-4-6-23-15(11)9-12(14)16(18(20)22)17(21)19-13-5-7-24-10(13)2/h5,7-9,16H,3-4,6H2,1-2H3,(H,19,21). The van der Waals surface area contributed by atoms with Crippen molar-refractivity contribution in [3.05, 3.63) is 39.6 Å². The summed E-state index contributed by atoms with van der Waals surface area (Å²) in [4.78, 5) is 28.3. The number of anilines is 2. The molecular formula is C18H18N2O3S. The molecule has 2 aliphatic heterocycles. The van der Waals surface area contributed by atoms with E-state index in [0.29, 0.717) is 13.2 Å². The normalized spacial score (nSPS) is 18.3. The largest absolute Gasteiger partial charge is 0.493 e. The van der Waals surface area contributed by atoms with Gasteiger partial charge in [0.25, 0.3) is 0 Å². The zero-order chi connectivity index (χ0) is 16.8. The van der Waals surface area contributed by atoms with Crippen molar-refractivity contribution in [2.45, 2.75) is 26.2 Å². The lowest BCUT2D eigenvalue weighted by atomic mass is 9.97. The van der Waals surface area contributed by atoms with Gasteiger partial charge in [-0.05, 0) is 43.0 Å². The number of aryl methyl sites for hydroxylation is 1. The first kappa shape index (κ1) is 15.2. The van der Waals surface area contributed by atoms with Gasteiger partial charge < -0.3 is 15.0 Å². The number of thiophene rings is 1. The van der Waals surface area contributed by atoms with Crippen LogP contribution in [-0.4, -0.2) is 25.0 Å². The van der Waals surface area contributed by atoms with E-state index in [1.54, 1.807) is 16.2 Å². The van der Waals surface area contributed by atoms with Crippen LogP contribution in [0.2, 0.25) is 0 Å². The van der Waals surface area contributed by atoms with E-state index in [-0.39, 0.29) is 11.8 Å². The molecule has 1 aromatic carbocycles. The summed E-state index contributed by atoms with van der Waals surface area (Å²) in [5, 5.41) is 4.82. The minimum absolute atomic E-state index is 0.165. The lowest BCUT2D eigenvalue weighted by Gasteiger charge is -2.15. The molecular weight excluding hydrogens is 324 g/mol. The van der Waals surface area contributed by atoms with Crippen molar-refractivity contribution in [3.63, 3.8) is 0 Å². The van der Waals surface area contributed by atoms with Gasteiger partial charge in [0.15, 0.2) is 0 Å². The van der Waals surface area contributed by atoms with E-state index in [0.717, 1.165) is 39.5 Å². The molecule has 0 fully saturated rings. The van der Waals surface area contributed by atoms with Crippen LogP contribution in [-0.2, 0) is 16.0 Å². The maximum Gasteiger partial charge on any atom is 0.244 e. The molecule has 0 bridgehead atoms. The van der Waals surface area contributed by atoms with Crippen molar-refractivity contribution in [3.8, 4) is 5.75 Å². The summed E-state index contributed by atoms with van der Waals surface area (Å²) in [6, 6.07) is 5.74. The Morgan fingerprint density at radius 3 is 3.00 bits per heavy atom. The number of carbonyl (C=O) groups is 2. The molecule has 1 unspecified atom stereocenters. The summed E-state index contributed by atoms with van der Waals surface area (Å²) >= 11 is 1.57. The monoisotopic (exact) mass is 342 g/mol. The summed E-state index contributed by atoms with van der Waals surface area (Å²) in [7, 11) is 0. The van der Waals surface area contributed by atoms with Gasteiger partial charge in [-0.25, -0.2) is 0 Å².